The van der Waals surface area contributed by atoms with E-state index in [1.807, 2.05) is 0 Å². The number of ketones is 1. The second kappa shape index (κ2) is 4.66. The van der Waals surface area contributed by atoms with Crippen LogP contribution in [0.4, 0.5) is 4.79 Å². The maximum absolute atomic E-state index is 11.5. The highest BCUT2D eigenvalue weighted by atomic mass is 16.6. The van der Waals surface area contributed by atoms with Crippen LogP contribution in [0.3, 0.4) is 0 Å². The SMILES string of the molecule is O=C1NC(=O)N([C@@H]2O[C@H](CO)[C@@H](O)[C@H]2O)C(=O)C1=O. The number of barbiturate groups is 1. The Morgan fingerprint density at radius 2 is 1.79 bits per heavy atom. The van der Waals surface area contributed by atoms with Crippen LogP contribution >= 0.6 is 0 Å². The normalized spacial score (nSPS) is 35.8. The third-order valence-electron chi connectivity index (χ3n) is 2.83. The highest BCUT2D eigenvalue weighted by Gasteiger charge is 2.52. The number of Topliss-reactive ketones (excluding diaryl/α,β-unsaturated/α-hetero) is 1. The average molecular weight is 274 g/mol. The maximum Gasteiger partial charge on any atom is 0.333 e. The number of urea groups is 1. The molecule has 10 nitrogen and oxygen atoms in total. The van der Waals surface area contributed by atoms with Gasteiger partial charge in [0.15, 0.2) is 6.23 Å². The minimum Gasteiger partial charge on any atom is -0.394 e. The van der Waals surface area contributed by atoms with Gasteiger partial charge < -0.3 is 20.1 Å². The summed E-state index contributed by atoms with van der Waals surface area (Å²) in [5.41, 5.74) is 0. The molecule has 0 bridgehead atoms. The van der Waals surface area contributed by atoms with E-state index in [0.717, 1.165) is 0 Å². The molecule has 0 spiro atoms. The highest BCUT2D eigenvalue weighted by Crippen LogP contribution is 2.25. The van der Waals surface area contributed by atoms with E-state index >= 15 is 0 Å². The molecule has 2 heterocycles. The molecule has 2 fully saturated rings. The summed E-state index contributed by atoms with van der Waals surface area (Å²) in [7, 11) is 0. The molecule has 2 aliphatic rings. The van der Waals surface area contributed by atoms with Gasteiger partial charge in [0.25, 0.3) is 0 Å². The largest absolute Gasteiger partial charge is 0.394 e. The van der Waals surface area contributed by atoms with Crippen molar-refractivity contribution in [3.8, 4) is 0 Å². The van der Waals surface area contributed by atoms with E-state index in [2.05, 4.69) is 0 Å². The summed E-state index contributed by atoms with van der Waals surface area (Å²) in [5, 5.41) is 29.6. The topological polar surface area (TPSA) is 153 Å². The number of nitrogens with zero attached hydrogens (tertiary/aromatic N) is 1. The van der Waals surface area contributed by atoms with Crippen LogP contribution < -0.4 is 5.32 Å². The number of nitrogens with one attached hydrogen (secondary N) is 1. The van der Waals surface area contributed by atoms with E-state index in [0.29, 0.717) is 0 Å². The van der Waals surface area contributed by atoms with Crippen molar-refractivity contribution >= 4 is 23.6 Å². The number of carbonyl (C=O) groups is 4. The second-order valence-electron chi connectivity index (χ2n) is 3.99. The molecule has 2 saturated heterocycles. The summed E-state index contributed by atoms with van der Waals surface area (Å²) < 4.78 is 4.93. The van der Waals surface area contributed by atoms with Crippen LogP contribution in [0.5, 0.6) is 0 Å². The Hall–Kier alpha value is -1.88. The fourth-order valence-electron chi connectivity index (χ4n) is 1.84. The number of carbonyl (C=O) groups excluding carboxylic acids is 4. The van der Waals surface area contributed by atoms with Gasteiger partial charge in [-0.1, -0.05) is 0 Å². The number of amides is 4. The van der Waals surface area contributed by atoms with Crippen LogP contribution in [0.15, 0.2) is 0 Å². The first kappa shape index (κ1) is 13.5. The number of aliphatic hydroxyl groups is 3. The minimum absolute atomic E-state index is 0.202. The Morgan fingerprint density at radius 3 is 2.32 bits per heavy atom. The number of hydrogen-bond acceptors (Lipinski definition) is 8. The number of imide groups is 2. The van der Waals surface area contributed by atoms with E-state index in [9.17, 15) is 29.4 Å². The van der Waals surface area contributed by atoms with E-state index in [-0.39, 0.29) is 4.90 Å². The van der Waals surface area contributed by atoms with Gasteiger partial charge in [0.05, 0.1) is 6.61 Å². The molecule has 0 aromatic heterocycles. The minimum atomic E-state index is -1.70. The van der Waals surface area contributed by atoms with Gasteiger partial charge in [0.2, 0.25) is 0 Å². The molecule has 0 unspecified atom stereocenters. The summed E-state index contributed by atoms with van der Waals surface area (Å²) in [4.78, 5) is 45.3. The molecular formula is C9H10N2O8. The summed E-state index contributed by atoms with van der Waals surface area (Å²) in [5.74, 6) is -4.33. The first-order chi connectivity index (χ1) is 8.88. The molecule has 104 valence electrons. The summed E-state index contributed by atoms with van der Waals surface area (Å²) in [6.45, 7) is -0.661. The Morgan fingerprint density at radius 1 is 1.16 bits per heavy atom. The predicted octanol–water partition coefficient (Wildman–Crippen LogP) is -3.93. The van der Waals surface area contributed by atoms with E-state index in [1.54, 1.807) is 5.32 Å². The molecule has 4 amide bonds. The Labute approximate surface area is 105 Å². The van der Waals surface area contributed by atoms with E-state index in [4.69, 9.17) is 9.84 Å². The van der Waals surface area contributed by atoms with Crippen LogP contribution in [0.25, 0.3) is 0 Å². The fraction of sp³-hybridized carbons (Fsp3) is 0.556. The number of aliphatic hydroxyl groups excluding tert-OH is 3. The van der Waals surface area contributed by atoms with Crippen molar-refractivity contribution in [1.82, 2.24) is 10.2 Å². The average Bonchev–Trinajstić information content (AvgIpc) is 2.64. The third-order valence-corrected chi connectivity index (χ3v) is 2.83. The molecule has 0 aliphatic carbocycles. The van der Waals surface area contributed by atoms with E-state index in [1.165, 1.54) is 0 Å². The number of rotatable bonds is 2. The quantitative estimate of drug-likeness (QED) is 0.372. The monoisotopic (exact) mass is 274 g/mol. The van der Waals surface area contributed by atoms with Crippen molar-refractivity contribution in [2.24, 2.45) is 0 Å². The van der Waals surface area contributed by atoms with Crippen LogP contribution in [-0.2, 0) is 19.1 Å². The molecule has 19 heavy (non-hydrogen) atoms. The molecule has 0 radical (unpaired) electrons. The van der Waals surface area contributed by atoms with Gasteiger partial charge in [0.1, 0.15) is 18.3 Å². The van der Waals surface area contributed by atoms with Gasteiger partial charge in [-0.3, -0.25) is 19.7 Å². The predicted molar refractivity (Wildman–Crippen MR) is 53.2 cm³/mol. The molecule has 2 aliphatic heterocycles. The van der Waals surface area contributed by atoms with Crippen LogP contribution in [-0.4, -0.2) is 75.0 Å². The zero-order valence-electron chi connectivity index (χ0n) is 9.35. The molecule has 0 aromatic carbocycles. The molecule has 0 saturated carbocycles. The lowest BCUT2D eigenvalue weighted by molar-refractivity contribution is -0.159. The van der Waals surface area contributed by atoms with Crippen LogP contribution in [0.1, 0.15) is 0 Å². The van der Waals surface area contributed by atoms with Gasteiger partial charge in [-0.05, 0) is 0 Å². The zero-order chi connectivity index (χ0) is 14.3. The Balaban J connectivity index is 2.26. The van der Waals surface area contributed by atoms with Crippen LogP contribution in [0, 0.1) is 0 Å². The van der Waals surface area contributed by atoms with Crippen molar-refractivity contribution < 1.29 is 39.2 Å². The maximum atomic E-state index is 11.5. The smallest absolute Gasteiger partial charge is 0.333 e. The molecule has 10 heteroatoms. The van der Waals surface area contributed by atoms with Gasteiger partial charge in [-0.15, -0.1) is 0 Å². The number of ether oxygens (including phenoxy) is 1. The summed E-state index contributed by atoms with van der Waals surface area (Å²) in [6.07, 6.45) is -6.11. The Bertz CT molecular complexity index is 463. The van der Waals surface area contributed by atoms with Crippen molar-refractivity contribution in [2.75, 3.05) is 6.61 Å². The van der Waals surface area contributed by atoms with Crippen molar-refractivity contribution in [1.29, 1.82) is 0 Å². The first-order valence-corrected chi connectivity index (χ1v) is 5.23. The lowest BCUT2D eigenvalue weighted by atomic mass is 10.1. The first-order valence-electron chi connectivity index (χ1n) is 5.23. The van der Waals surface area contributed by atoms with Crippen LogP contribution in [0.2, 0.25) is 0 Å². The van der Waals surface area contributed by atoms with Gasteiger partial charge in [-0.25, -0.2) is 9.69 Å². The van der Waals surface area contributed by atoms with Gasteiger partial charge in [-0.2, -0.15) is 0 Å². The lowest BCUT2D eigenvalue weighted by Crippen LogP contribution is -2.63. The van der Waals surface area contributed by atoms with E-state index < -0.39 is 54.8 Å². The van der Waals surface area contributed by atoms with Gasteiger partial charge >= 0.3 is 23.6 Å². The molecule has 4 N–H and O–H groups in total. The molecular weight excluding hydrogens is 264 g/mol. The second-order valence-corrected chi connectivity index (χ2v) is 3.99. The van der Waals surface area contributed by atoms with Crippen molar-refractivity contribution in [2.45, 2.75) is 24.5 Å². The third kappa shape index (κ3) is 2.00. The Kier molecular flexibility index (Phi) is 3.32. The van der Waals surface area contributed by atoms with Crippen molar-refractivity contribution in [3.63, 3.8) is 0 Å². The van der Waals surface area contributed by atoms with Gasteiger partial charge in [0, 0.05) is 0 Å². The highest BCUT2D eigenvalue weighted by molar-refractivity contribution is 6.66. The fourth-order valence-corrected chi connectivity index (χ4v) is 1.84. The zero-order valence-corrected chi connectivity index (χ0v) is 9.35. The molecule has 4 atom stereocenters. The summed E-state index contributed by atoms with van der Waals surface area (Å²) >= 11 is 0. The standard InChI is InChI=1S/C9H10N2O8/c12-1-2-3(13)4(14)8(19-2)11-7(17)5(15)6(16)10-9(11)18/h2-4,8,12-14H,1H2,(H,10,16,18)/t2-,3-,4-,8-/m1/s1. The summed E-state index contributed by atoms with van der Waals surface area (Å²) in [6, 6.07) is -1.25. The molecule has 2 rings (SSSR count). The lowest BCUT2D eigenvalue weighted by Gasteiger charge is -2.29. The van der Waals surface area contributed by atoms with Crippen molar-refractivity contribution in [3.05, 3.63) is 0 Å². The number of hydrogen-bond donors (Lipinski definition) is 4. The molecule has 0 aromatic rings.